The molecule has 0 amide bonds. The molecule has 24 heavy (non-hydrogen) atoms. The number of nitrogens with zero attached hydrogens (tertiary/aromatic N) is 1. The van der Waals surface area contributed by atoms with Gasteiger partial charge in [0.1, 0.15) is 5.75 Å². The number of hydrogen-bond acceptors (Lipinski definition) is 4. The van der Waals surface area contributed by atoms with Crippen molar-refractivity contribution >= 4 is 11.3 Å². The summed E-state index contributed by atoms with van der Waals surface area (Å²) in [5.74, 6) is 0.873. The second-order valence-corrected chi connectivity index (χ2v) is 7.03. The van der Waals surface area contributed by atoms with Gasteiger partial charge in [-0.05, 0) is 62.2 Å². The molecule has 0 bridgehead atoms. The molecular weight excluding hydrogens is 320 g/mol. The fourth-order valence-corrected chi connectivity index (χ4v) is 3.64. The summed E-state index contributed by atoms with van der Waals surface area (Å²) in [5.41, 5.74) is 1.99. The van der Waals surface area contributed by atoms with E-state index in [1.807, 2.05) is 24.3 Å². The number of H-pyrrole nitrogens is 1. The van der Waals surface area contributed by atoms with Gasteiger partial charge in [-0.15, -0.1) is 0 Å². The van der Waals surface area contributed by atoms with Gasteiger partial charge in [-0.3, -0.25) is 9.69 Å². The molecule has 0 atom stereocenters. The van der Waals surface area contributed by atoms with Crippen molar-refractivity contribution in [1.29, 1.82) is 0 Å². The van der Waals surface area contributed by atoms with E-state index in [4.69, 9.17) is 4.74 Å². The summed E-state index contributed by atoms with van der Waals surface area (Å²) in [5, 5.41) is 0. The number of benzene rings is 1. The van der Waals surface area contributed by atoms with Crippen molar-refractivity contribution in [2.75, 3.05) is 19.7 Å². The summed E-state index contributed by atoms with van der Waals surface area (Å²) < 4.78 is 5.63. The number of nitrogens with one attached hydrogen (secondary N) is 1. The molecule has 2 aromatic rings. The van der Waals surface area contributed by atoms with Crippen LogP contribution in [0.3, 0.4) is 0 Å². The van der Waals surface area contributed by atoms with Crippen LogP contribution >= 0.6 is 11.3 Å². The molecule has 1 aromatic carbocycles. The monoisotopic (exact) mass is 348 g/mol. The van der Waals surface area contributed by atoms with Gasteiger partial charge < -0.3 is 9.72 Å². The zero-order chi connectivity index (χ0) is 17.4. The maximum atomic E-state index is 11.9. The second kappa shape index (κ2) is 9.64. The average Bonchev–Trinajstić information content (AvgIpc) is 2.94. The van der Waals surface area contributed by atoms with E-state index in [2.05, 4.69) is 30.7 Å². The summed E-state index contributed by atoms with van der Waals surface area (Å²) in [6, 6.07) is 7.99. The lowest BCUT2D eigenvalue weighted by molar-refractivity contribution is 0.269. The highest BCUT2D eigenvalue weighted by atomic mass is 32.1. The van der Waals surface area contributed by atoms with Crippen molar-refractivity contribution in [2.24, 2.45) is 0 Å². The van der Waals surface area contributed by atoms with Gasteiger partial charge in [0, 0.05) is 11.4 Å². The third-order valence-electron chi connectivity index (χ3n) is 3.78. The lowest BCUT2D eigenvalue weighted by Gasteiger charge is -2.20. The number of hydrogen-bond donors (Lipinski definition) is 1. The molecule has 0 unspecified atom stereocenters. The Morgan fingerprint density at radius 3 is 2.29 bits per heavy atom. The minimum atomic E-state index is 0.0132. The first-order chi connectivity index (χ1) is 11.7. The van der Waals surface area contributed by atoms with Crippen molar-refractivity contribution in [2.45, 2.75) is 46.6 Å². The maximum Gasteiger partial charge on any atom is 0.305 e. The highest BCUT2D eigenvalue weighted by molar-refractivity contribution is 7.09. The van der Waals surface area contributed by atoms with E-state index in [0.29, 0.717) is 0 Å². The number of ether oxygens (including phenoxy) is 1. The Labute approximate surface area is 148 Å². The van der Waals surface area contributed by atoms with E-state index in [1.165, 1.54) is 11.3 Å². The van der Waals surface area contributed by atoms with Gasteiger partial charge in [0.25, 0.3) is 0 Å². The quantitative estimate of drug-likeness (QED) is 0.687. The van der Waals surface area contributed by atoms with Crippen LogP contribution in [0, 0.1) is 0 Å². The van der Waals surface area contributed by atoms with Crippen molar-refractivity contribution in [3.8, 4) is 17.0 Å². The molecule has 0 saturated carbocycles. The van der Waals surface area contributed by atoms with E-state index in [1.54, 1.807) is 0 Å². The molecule has 0 aliphatic rings. The fraction of sp³-hybridized carbons (Fsp3) is 0.526. The summed E-state index contributed by atoms with van der Waals surface area (Å²) in [7, 11) is 0. The first-order valence-corrected chi connectivity index (χ1v) is 9.67. The maximum absolute atomic E-state index is 11.9. The van der Waals surface area contributed by atoms with E-state index in [0.717, 1.165) is 67.4 Å². The van der Waals surface area contributed by atoms with Gasteiger partial charge in [-0.25, -0.2) is 0 Å². The van der Waals surface area contributed by atoms with E-state index in [-0.39, 0.29) is 4.87 Å². The highest BCUT2D eigenvalue weighted by Crippen LogP contribution is 2.26. The normalized spacial score (nSPS) is 11.2. The van der Waals surface area contributed by atoms with Gasteiger partial charge in [-0.2, -0.15) is 0 Å². The molecule has 1 heterocycles. The molecule has 1 N–H and O–H groups in total. The standard InChI is InChI=1S/C19H28N2O2S/c1-4-11-21(12-5-2)14-17-18(20-19(22)24-17)15-7-9-16(10-8-15)23-13-6-3/h7-10H,4-6,11-14H2,1-3H3,(H,20,22). The SMILES string of the molecule is CCCOc1ccc(-c2[nH]c(=O)sc2CN(CCC)CCC)cc1. The molecule has 0 saturated heterocycles. The third-order valence-corrected chi connectivity index (χ3v) is 4.65. The van der Waals surface area contributed by atoms with Crippen LogP contribution < -0.4 is 9.61 Å². The first-order valence-electron chi connectivity index (χ1n) is 8.85. The minimum absolute atomic E-state index is 0.0132. The predicted molar refractivity (Wildman–Crippen MR) is 102 cm³/mol. The third kappa shape index (κ3) is 5.21. The Morgan fingerprint density at radius 1 is 1.04 bits per heavy atom. The summed E-state index contributed by atoms with van der Waals surface area (Å²) in [6.07, 6.45) is 3.24. The molecule has 4 nitrogen and oxygen atoms in total. The van der Waals surface area contributed by atoms with Crippen LogP contribution in [-0.2, 0) is 6.54 Å². The number of aromatic nitrogens is 1. The molecule has 0 radical (unpaired) electrons. The van der Waals surface area contributed by atoms with Crippen molar-refractivity contribution < 1.29 is 4.74 Å². The molecule has 1 aromatic heterocycles. The molecule has 2 rings (SSSR count). The van der Waals surface area contributed by atoms with Crippen LogP contribution in [0.5, 0.6) is 5.75 Å². The molecule has 0 spiro atoms. The number of aromatic amines is 1. The van der Waals surface area contributed by atoms with Gasteiger partial charge >= 0.3 is 4.87 Å². The fourth-order valence-electron chi connectivity index (χ4n) is 2.75. The smallest absolute Gasteiger partial charge is 0.305 e. The number of thiazole rings is 1. The van der Waals surface area contributed by atoms with Gasteiger partial charge in [-0.1, -0.05) is 32.1 Å². The highest BCUT2D eigenvalue weighted by Gasteiger charge is 2.14. The van der Waals surface area contributed by atoms with Crippen LogP contribution in [-0.4, -0.2) is 29.6 Å². The van der Waals surface area contributed by atoms with Gasteiger partial charge in [0.2, 0.25) is 0 Å². The molecule has 132 valence electrons. The Morgan fingerprint density at radius 2 is 1.71 bits per heavy atom. The zero-order valence-corrected chi connectivity index (χ0v) is 15.7. The van der Waals surface area contributed by atoms with Crippen molar-refractivity contribution in [3.63, 3.8) is 0 Å². The van der Waals surface area contributed by atoms with E-state index in [9.17, 15) is 4.79 Å². The molecule has 0 aliphatic carbocycles. The van der Waals surface area contributed by atoms with Crippen LogP contribution in [0.4, 0.5) is 0 Å². The Balaban J connectivity index is 2.19. The van der Waals surface area contributed by atoms with Crippen LogP contribution in [0.1, 0.15) is 44.9 Å². The van der Waals surface area contributed by atoms with Crippen molar-refractivity contribution in [1.82, 2.24) is 9.88 Å². The summed E-state index contributed by atoms with van der Waals surface area (Å²) in [4.78, 5) is 18.5. The Kier molecular flexibility index (Phi) is 7.53. The molecule has 5 heteroatoms. The summed E-state index contributed by atoms with van der Waals surface area (Å²) in [6.45, 7) is 10.1. The second-order valence-electron chi connectivity index (χ2n) is 5.96. The lowest BCUT2D eigenvalue weighted by Crippen LogP contribution is -2.24. The summed E-state index contributed by atoms with van der Waals surface area (Å²) >= 11 is 1.32. The van der Waals surface area contributed by atoms with Crippen LogP contribution in [0.15, 0.2) is 29.1 Å². The Bertz CT molecular complexity index is 655. The predicted octanol–water partition coefficient (Wildman–Crippen LogP) is 4.51. The van der Waals surface area contributed by atoms with Crippen LogP contribution in [0.25, 0.3) is 11.3 Å². The number of rotatable bonds is 10. The lowest BCUT2D eigenvalue weighted by atomic mass is 10.1. The largest absolute Gasteiger partial charge is 0.494 e. The van der Waals surface area contributed by atoms with Gasteiger partial charge in [0.15, 0.2) is 0 Å². The topological polar surface area (TPSA) is 45.3 Å². The zero-order valence-electron chi connectivity index (χ0n) is 14.9. The molecule has 0 aliphatic heterocycles. The minimum Gasteiger partial charge on any atom is -0.494 e. The molecule has 0 fully saturated rings. The molecular formula is C19H28N2O2S. The Hall–Kier alpha value is -1.59. The van der Waals surface area contributed by atoms with Crippen LogP contribution in [0.2, 0.25) is 0 Å². The average molecular weight is 349 g/mol. The van der Waals surface area contributed by atoms with E-state index < -0.39 is 0 Å². The van der Waals surface area contributed by atoms with E-state index >= 15 is 0 Å². The van der Waals surface area contributed by atoms with Gasteiger partial charge in [0.05, 0.1) is 12.3 Å². The van der Waals surface area contributed by atoms with Crippen molar-refractivity contribution in [3.05, 3.63) is 38.8 Å². The first kappa shape index (κ1) is 18.7.